The van der Waals surface area contributed by atoms with Crippen LogP contribution in [-0.4, -0.2) is 12.5 Å². The minimum absolute atomic E-state index is 0.147. The van der Waals surface area contributed by atoms with Gasteiger partial charge in [0.1, 0.15) is 0 Å². The number of nitrogens with two attached hydrogens (primary N) is 1. The van der Waals surface area contributed by atoms with E-state index in [1.165, 1.54) is 0 Å². The molecule has 0 saturated carbocycles. The Morgan fingerprint density at radius 3 is 2.64 bits per heavy atom. The van der Waals surface area contributed by atoms with Crippen molar-refractivity contribution in [2.24, 2.45) is 5.84 Å². The van der Waals surface area contributed by atoms with Crippen LogP contribution in [0.2, 0.25) is 0 Å². The first-order chi connectivity index (χ1) is 6.74. The average Bonchev–Trinajstić information content (AvgIpc) is 2.26. The Hall–Kier alpha value is -1.39. The van der Waals surface area contributed by atoms with E-state index in [1.54, 1.807) is 0 Å². The topological polar surface area (TPSA) is 67.2 Å². The fraction of sp³-hybridized carbons (Fsp3) is 0.300. The van der Waals surface area contributed by atoms with Crippen molar-refractivity contribution in [2.75, 3.05) is 6.54 Å². The van der Waals surface area contributed by atoms with Crippen LogP contribution in [0.15, 0.2) is 30.3 Å². The third-order valence-electron chi connectivity index (χ3n) is 2.03. The zero-order chi connectivity index (χ0) is 10.4. The highest BCUT2D eigenvalue weighted by molar-refractivity contribution is 5.77. The molecule has 4 nitrogen and oxygen atoms in total. The van der Waals surface area contributed by atoms with Gasteiger partial charge in [0.25, 0.3) is 0 Å². The van der Waals surface area contributed by atoms with Crippen molar-refractivity contribution in [1.82, 2.24) is 10.7 Å². The minimum Gasteiger partial charge on any atom is -0.302 e. The summed E-state index contributed by atoms with van der Waals surface area (Å²) in [6.07, 6.45) is 0. The zero-order valence-electron chi connectivity index (χ0n) is 8.16. The molecule has 0 fully saturated rings. The molecule has 14 heavy (non-hydrogen) atoms. The molecule has 1 atom stereocenters. The van der Waals surface area contributed by atoms with Crippen molar-refractivity contribution in [2.45, 2.75) is 13.0 Å². The average molecular weight is 193 g/mol. The fourth-order valence-corrected chi connectivity index (χ4v) is 1.16. The van der Waals surface area contributed by atoms with E-state index in [0.29, 0.717) is 0 Å². The van der Waals surface area contributed by atoms with Gasteiger partial charge in [-0.25, -0.2) is 5.84 Å². The van der Waals surface area contributed by atoms with Crippen LogP contribution in [0, 0.1) is 0 Å². The molecule has 4 heteroatoms. The second kappa shape index (κ2) is 5.36. The van der Waals surface area contributed by atoms with E-state index in [0.717, 1.165) is 5.56 Å². The fourth-order valence-electron chi connectivity index (χ4n) is 1.16. The number of hydrogen-bond acceptors (Lipinski definition) is 3. The molecule has 1 aromatic carbocycles. The normalized spacial score (nSPS) is 12.1. The molecule has 0 radical (unpaired) electrons. The molecule has 1 rings (SSSR count). The summed E-state index contributed by atoms with van der Waals surface area (Å²) in [4.78, 5) is 10.8. The van der Waals surface area contributed by atoms with E-state index in [2.05, 4.69) is 10.7 Å². The van der Waals surface area contributed by atoms with E-state index in [9.17, 15) is 4.79 Å². The lowest BCUT2D eigenvalue weighted by Crippen LogP contribution is -2.38. The predicted molar refractivity (Wildman–Crippen MR) is 55.2 cm³/mol. The summed E-state index contributed by atoms with van der Waals surface area (Å²) in [7, 11) is 0. The molecule has 0 aliphatic rings. The van der Waals surface area contributed by atoms with E-state index in [4.69, 9.17) is 5.84 Å². The molecule has 0 aliphatic heterocycles. The summed E-state index contributed by atoms with van der Waals surface area (Å²) < 4.78 is 0. The number of nitrogens with one attached hydrogen (secondary N) is 2. The van der Waals surface area contributed by atoms with Gasteiger partial charge >= 0.3 is 0 Å². The van der Waals surface area contributed by atoms with Crippen LogP contribution in [0.1, 0.15) is 18.5 Å². The molecule has 1 amide bonds. The van der Waals surface area contributed by atoms with Crippen LogP contribution in [0.3, 0.4) is 0 Å². The summed E-state index contributed by atoms with van der Waals surface area (Å²) in [6.45, 7) is 2.23. The maximum absolute atomic E-state index is 10.8. The Morgan fingerprint density at radius 2 is 2.07 bits per heavy atom. The third kappa shape index (κ3) is 3.16. The maximum Gasteiger partial charge on any atom is 0.247 e. The Kier molecular flexibility index (Phi) is 4.10. The van der Waals surface area contributed by atoms with Gasteiger partial charge in [-0.3, -0.25) is 10.2 Å². The van der Waals surface area contributed by atoms with E-state index >= 15 is 0 Å². The largest absolute Gasteiger partial charge is 0.302 e. The quantitative estimate of drug-likeness (QED) is 0.366. The van der Waals surface area contributed by atoms with Crippen LogP contribution < -0.4 is 16.6 Å². The Morgan fingerprint density at radius 1 is 1.43 bits per heavy atom. The number of amides is 1. The van der Waals surface area contributed by atoms with E-state index in [-0.39, 0.29) is 18.5 Å². The minimum atomic E-state index is -0.215. The number of hydrazine groups is 1. The van der Waals surface area contributed by atoms with Crippen LogP contribution in [0.25, 0.3) is 0 Å². The standard InChI is InChI=1S/C10H15N3O/c1-8(12-7-10(14)13-11)9-5-3-2-4-6-9/h2-6,8,12H,7,11H2,1H3,(H,13,14). The Bertz CT molecular complexity index is 287. The van der Waals surface area contributed by atoms with Crippen molar-refractivity contribution < 1.29 is 4.79 Å². The lowest BCUT2D eigenvalue weighted by Gasteiger charge is -2.12. The van der Waals surface area contributed by atoms with Gasteiger partial charge in [0.2, 0.25) is 5.91 Å². The maximum atomic E-state index is 10.8. The van der Waals surface area contributed by atoms with Gasteiger partial charge < -0.3 is 5.32 Å². The first kappa shape index (κ1) is 10.7. The highest BCUT2D eigenvalue weighted by Gasteiger charge is 2.05. The van der Waals surface area contributed by atoms with Gasteiger partial charge in [-0.2, -0.15) is 0 Å². The van der Waals surface area contributed by atoms with Gasteiger partial charge in [0.15, 0.2) is 0 Å². The summed E-state index contributed by atoms with van der Waals surface area (Å²) in [5, 5.41) is 3.06. The van der Waals surface area contributed by atoms with Crippen molar-refractivity contribution in [1.29, 1.82) is 0 Å². The second-order valence-corrected chi connectivity index (χ2v) is 3.08. The third-order valence-corrected chi connectivity index (χ3v) is 2.03. The molecule has 4 N–H and O–H groups in total. The predicted octanol–water partition coefficient (Wildman–Crippen LogP) is 0.327. The van der Waals surface area contributed by atoms with Gasteiger partial charge in [0, 0.05) is 6.04 Å². The smallest absolute Gasteiger partial charge is 0.247 e. The molecule has 0 aromatic heterocycles. The number of rotatable bonds is 4. The highest BCUT2D eigenvalue weighted by Crippen LogP contribution is 2.09. The lowest BCUT2D eigenvalue weighted by molar-refractivity contribution is -0.120. The Labute approximate surface area is 83.5 Å². The SMILES string of the molecule is CC(NCC(=O)NN)c1ccccc1. The van der Waals surface area contributed by atoms with Crippen LogP contribution in [0.4, 0.5) is 0 Å². The lowest BCUT2D eigenvalue weighted by atomic mass is 10.1. The summed E-state index contributed by atoms with van der Waals surface area (Å²) in [6, 6.07) is 10.1. The summed E-state index contributed by atoms with van der Waals surface area (Å²) in [5.41, 5.74) is 3.22. The molecule has 0 spiro atoms. The van der Waals surface area contributed by atoms with Crippen molar-refractivity contribution in [3.05, 3.63) is 35.9 Å². The van der Waals surface area contributed by atoms with E-state index in [1.807, 2.05) is 37.3 Å². The van der Waals surface area contributed by atoms with Gasteiger partial charge in [-0.05, 0) is 12.5 Å². The monoisotopic (exact) mass is 193 g/mol. The number of hydrogen-bond donors (Lipinski definition) is 3. The van der Waals surface area contributed by atoms with Crippen molar-refractivity contribution in [3.8, 4) is 0 Å². The van der Waals surface area contributed by atoms with Crippen LogP contribution >= 0.6 is 0 Å². The number of benzene rings is 1. The number of carbonyl (C=O) groups excluding carboxylic acids is 1. The second-order valence-electron chi connectivity index (χ2n) is 3.08. The van der Waals surface area contributed by atoms with Crippen LogP contribution in [-0.2, 0) is 4.79 Å². The summed E-state index contributed by atoms with van der Waals surface area (Å²) >= 11 is 0. The molecule has 76 valence electrons. The zero-order valence-corrected chi connectivity index (χ0v) is 8.16. The highest BCUT2D eigenvalue weighted by atomic mass is 16.2. The molecule has 0 heterocycles. The first-order valence-corrected chi connectivity index (χ1v) is 4.52. The molecule has 0 bridgehead atoms. The van der Waals surface area contributed by atoms with E-state index < -0.39 is 0 Å². The molecular weight excluding hydrogens is 178 g/mol. The van der Waals surface area contributed by atoms with Gasteiger partial charge in [0.05, 0.1) is 6.54 Å². The Balaban J connectivity index is 2.43. The van der Waals surface area contributed by atoms with Gasteiger partial charge in [-0.15, -0.1) is 0 Å². The van der Waals surface area contributed by atoms with Crippen molar-refractivity contribution in [3.63, 3.8) is 0 Å². The molecule has 0 aliphatic carbocycles. The molecular formula is C10H15N3O. The van der Waals surface area contributed by atoms with Crippen LogP contribution in [0.5, 0.6) is 0 Å². The molecule has 1 aromatic rings. The summed E-state index contributed by atoms with van der Waals surface area (Å²) in [5.74, 6) is 4.74. The van der Waals surface area contributed by atoms with Gasteiger partial charge in [-0.1, -0.05) is 30.3 Å². The number of carbonyl (C=O) groups is 1. The van der Waals surface area contributed by atoms with Crippen molar-refractivity contribution >= 4 is 5.91 Å². The first-order valence-electron chi connectivity index (χ1n) is 4.52. The molecule has 1 unspecified atom stereocenters. The molecule has 0 saturated heterocycles.